The second-order valence-corrected chi connectivity index (χ2v) is 7.08. The van der Waals surface area contributed by atoms with Crippen molar-refractivity contribution in [2.75, 3.05) is 23.9 Å². The highest BCUT2D eigenvalue weighted by Crippen LogP contribution is 2.25. The van der Waals surface area contributed by atoms with Gasteiger partial charge in [-0.2, -0.15) is 0 Å². The molecule has 0 amide bonds. The molecule has 1 aromatic rings. The van der Waals surface area contributed by atoms with Crippen LogP contribution in [0.15, 0.2) is 22.7 Å². The summed E-state index contributed by atoms with van der Waals surface area (Å²) >= 11 is 9.23. The zero-order chi connectivity index (χ0) is 12.2. The summed E-state index contributed by atoms with van der Waals surface area (Å²) in [5.41, 5.74) is 0.876. The van der Waals surface area contributed by atoms with Crippen LogP contribution >= 0.6 is 27.5 Å². The van der Waals surface area contributed by atoms with Crippen molar-refractivity contribution in [1.82, 2.24) is 0 Å². The summed E-state index contributed by atoms with van der Waals surface area (Å²) < 4.78 is 22.7. The number of rotatable bonds is 5. The summed E-state index contributed by atoms with van der Waals surface area (Å²) in [6, 6.07) is 5.43. The highest BCUT2D eigenvalue weighted by atomic mass is 79.9. The van der Waals surface area contributed by atoms with Crippen molar-refractivity contribution in [2.24, 2.45) is 0 Å². The summed E-state index contributed by atoms with van der Waals surface area (Å²) in [4.78, 5) is 0. The first-order chi connectivity index (χ1) is 7.38. The Hall–Kier alpha value is -0.260. The van der Waals surface area contributed by atoms with Gasteiger partial charge in [0.1, 0.15) is 9.84 Å². The Bertz CT molecular complexity index is 462. The van der Waals surface area contributed by atoms with E-state index in [1.165, 1.54) is 6.26 Å². The third kappa shape index (κ3) is 5.18. The lowest BCUT2D eigenvalue weighted by atomic mass is 10.3. The molecule has 0 saturated heterocycles. The van der Waals surface area contributed by atoms with Crippen molar-refractivity contribution in [3.63, 3.8) is 0 Å². The summed E-state index contributed by atoms with van der Waals surface area (Å²) in [7, 11) is -2.87. The first kappa shape index (κ1) is 13.8. The summed E-state index contributed by atoms with van der Waals surface area (Å²) in [5.74, 6) is 0.193. The standard InChI is InChI=1S/C10H13BrClNO2S/c1-16(14,15)6-2-5-13-10-7-8(12)3-4-9(10)11/h3-4,7,13H,2,5-6H2,1H3. The Morgan fingerprint density at radius 1 is 1.44 bits per heavy atom. The SMILES string of the molecule is CS(=O)(=O)CCCNc1cc(Cl)ccc1Br. The predicted molar refractivity (Wildman–Crippen MR) is 72.0 cm³/mol. The molecule has 90 valence electrons. The van der Waals surface area contributed by atoms with Gasteiger partial charge in [0.25, 0.3) is 0 Å². The normalized spacial score (nSPS) is 11.4. The second kappa shape index (κ2) is 5.89. The molecule has 0 aromatic heterocycles. The van der Waals surface area contributed by atoms with Crippen LogP contribution in [-0.4, -0.2) is 27.0 Å². The molecule has 0 radical (unpaired) electrons. The highest BCUT2D eigenvalue weighted by molar-refractivity contribution is 9.10. The zero-order valence-electron chi connectivity index (χ0n) is 8.83. The first-order valence-electron chi connectivity index (χ1n) is 4.75. The summed E-state index contributed by atoms with van der Waals surface area (Å²) in [6.45, 7) is 0.603. The number of halogens is 2. The van der Waals surface area contributed by atoms with Gasteiger partial charge in [-0.3, -0.25) is 0 Å². The van der Waals surface area contributed by atoms with Crippen molar-refractivity contribution >= 4 is 43.1 Å². The van der Waals surface area contributed by atoms with Gasteiger partial charge < -0.3 is 5.32 Å². The van der Waals surface area contributed by atoms with Crippen LogP contribution in [0.2, 0.25) is 5.02 Å². The van der Waals surface area contributed by atoms with Gasteiger partial charge in [-0.05, 0) is 40.5 Å². The fourth-order valence-electron chi connectivity index (χ4n) is 1.19. The number of hydrogen-bond donors (Lipinski definition) is 1. The van der Waals surface area contributed by atoms with Crippen LogP contribution in [0.1, 0.15) is 6.42 Å². The topological polar surface area (TPSA) is 46.2 Å². The molecule has 1 aromatic carbocycles. The number of hydrogen-bond acceptors (Lipinski definition) is 3. The van der Waals surface area contributed by atoms with E-state index >= 15 is 0 Å². The van der Waals surface area contributed by atoms with Crippen molar-refractivity contribution in [1.29, 1.82) is 0 Å². The maximum Gasteiger partial charge on any atom is 0.147 e. The van der Waals surface area contributed by atoms with E-state index in [1.807, 2.05) is 6.07 Å². The average Bonchev–Trinajstić information content (AvgIpc) is 2.16. The largest absolute Gasteiger partial charge is 0.384 e. The molecule has 0 aliphatic rings. The Morgan fingerprint density at radius 2 is 2.12 bits per heavy atom. The van der Waals surface area contributed by atoms with Crippen molar-refractivity contribution in [3.05, 3.63) is 27.7 Å². The molecular formula is C10H13BrClNO2S. The van der Waals surface area contributed by atoms with E-state index in [1.54, 1.807) is 12.1 Å². The van der Waals surface area contributed by atoms with Crippen LogP contribution in [0.3, 0.4) is 0 Å². The minimum Gasteiger partial charge on any atom is -0.384 e. The number of anilines is 1. The molecule has 16 heavy (non-hydrogen) atoms. The molecule has 6 heteroatoms. The molecule has 0 aliphatic heterocycles. The van der Waals surface area contributed by atoms with Crippen LogP contribution in [0.25, 0.3) is 0 Å². The van der Waals surface area contributed by atoms with Gasteiger partial charge >= 0.3 is 0 Å². The van der Waals surface area contributed by atoms with Gasteiger partial charge in [0.2, 0.25) is 0 Å². The number of nitrogens with one attached hydrogen (secondary N) is 1. The van der Waals surface area contributed by atoms with Crippen LogP contribution < -0.4 is 5.32 Å². The van der Waals surface area contributed by atoms with Gasteiger partial charge in [0.05, 0.1) is 5.75 Å². The minimum absolute atomic E-state index is 0.193. The molecule has 3 nitrogen and oxygen atoms in total. The lowest BCUT2D eigenvalue weighted by molar-refractivity contribution is 0.600. The van der Waals surface area contributed by atoms with Gasteiger partial charge in [-0.1, -0.05) is 11.6 Å². The van der Waals surface area contributed by atoms with E-state index in [4.69, 9.17) is 11.6 Å². The van der Waals surface area contributed by atoms with Crippen LogP contribution in [0.4, 0.5) is 5.69 Å². The maximum atomic E-state index is 10.9. The van der Waals surface area contributed by atoms with Crippen LogP contribution in [0.5, 0.6) is 0 Å². The molecule has 0 atom stereocenters. The molecule has 1 N–H and O–H groups in total. The lowest BCUT2D eigenvalue weighted by Gasteiger charge is -2.08. The van der Waals surface area contributed by atoms with E-state index in [0.29, 0.717) is 18.0 Å². The smallest absolute Gasteiger partial charge is 0.147 e. The molecule has 0 aliphatic carbocycles. The lowest BCUT2D eigenvalue weighted by Crippen LogP contribution is -2.09. The second-order valence-electron chi connectivity index (χ2n) is 3.53. The number of benzene rings is 1. The quantitative estimate of drug-likeness (QED) is 0.846. The van der Waals surface area contributed by atoms with Crippen LogP contribution in [0, 0.1) is 0 Å². The third-order valence-electron chi connectivity index (χ3n) is 1.94. The number of sulfone groups is 1. The van der Waals surface area contributed by atoms with E-state index in [2.05, 4.69) is 21.2 Å². The molecule has 0 bridgehead atoms. The monoisotopic (exact) mass is 325 g/mol. The van der Waals surface area contributed by atoms with E-state index in [-0.39, 0.29) is 5.75 Å². The first-order valence-corrected chi connectivity index (χ1v) is 7.98. The predicted octanol–water partition coefficient (Wildman–Crippen LogP) is 2.95. The Kier molecular flexibility index (Phi) is 5.08. The summed E-state index contributed by atoms with van der Waals surface area (Å²) in [5, 5.41) is 3.78. The van der Waals surface area contributed by atoms with Crippen molar-refractivity contribution in [2.45, 2.75) is 6.42 Å². The van der Waals surface area contributed by atoms with Crippen molar-refractivity contribution in [3.8, 4) is 0 Å². The molecule has 0 heterocycles. The molecule has 1 rings (SSSR count). The summed E-state index contributed by atoms with van der Waals surface area (Å²) in [6.07, 6.45) is 1.82. The molecule has 0 spiro atoms. The molecule has 0 unspecified atom stereocenters. The fourth-order valence-corrected chi connectivity index (χ4v) is 2.42. The Balaban J connectivity index is 2.46. The maximum absolute atomic E-state index is 10.9. The van der Waals surface area contributed by atoms with E-state index < -0.39 is 9.84 Å². The molecular weight excluding hydrogens is 314 g/mol. The van der Waals surface area contributed by atoms with Gasteiger partial charge in [-0.15, -0.1) is 0 Å². The van der Waals surface area contributed by atoms with Crippen LogP contribution in [-0.2, 0) is 9.84 Å². The Labute approximate surface area is 109 Å². The molecule has 0 fully saturated rings. The third-order valence-corrected chi connectivity index (χ3v) is 3.89. The van der Waals surface area contributed by atoms with E-state index in [0.717, 1.165) is 10.2 Å². The highest BCUT2D eigenvalue weighted by Gasteiger charge is 2.03. The average molecular weight is 327 g/mol. The molecule has 0 saturated carbocycles. The minimum atomic E-state index is -2.87. The zero-order valence-corrected chi connectivity index (χ0v) is 12.0. The van der Waals surface area contributed by atoms with Gasteiger partial charge in [0.15, 0.2) is 0 Å². The van der Waals surface area contributed by atoms with Crippen molar-refractivity contribution < 1.29 is 8.42 Å². The van der Waals surface area contributed by atoms with Gasteiger partial charge in [-0.25, -0.2) is 8.42 Å². The van der Waals surface area contributed by atoms with Gasteiger partial charge in [0, 0.05) is 28.0 Å². The fraction of sp³-hybridized carbons (Fsp3) is 0.400. The Morgan fingerprint density at radius 3 is 2.75 bits per heavy atom. The van der Waals surface area contributed by atoms with E-state index in [9.17, 15) is 8.42 Å².